The summed E-state index contributed by atoms with van der Waals surface area (Å²) in [7, 11) is 0. The lowest BCUT2D eigenvalue weighted by Crippen LogP contribution is -2.49. The van der Waals surface area contributed by atoms with Crippen LogP contribution in [0.2, 0.25) is 0 Å². The van der Waals surface area contributed by atoms with Gasteiger partial charge in [-0.05, 0) is 29.2 Å². The SMILES string of the molecule is CC(C)CN1CCN(C(=O)c2ccc3c(c2)CNC3)CC1. The zero-order chi connectivity index (χ0) is 14.8. The van der Waals surface area contributed by atoms with Gasteiger partial charge in [0.15, 0.2) is 0 Å². The lowest BCUT2D eigenvalue weighted by molar-refractivity contribution is 0.0623. The van der Waals surface area contributed by atoms with Crippen molar-refractivity contribution in [3.05, 3.63) is 34.9 Å². The van der Waals surface area contributed by atoms with Crippen LogP contribution in [0.3, 0.4) is 0 Å². The molecule has 0 saturated carbocycles. The number of hydrogen-bond donors (Lipinski definition) is 1. The predicted molar refractivity (Wildman–Crippen MR) is 84.2 cm³/mol. The maximum atomic E-state index is 12.6. The molecule has 1 aromatic carbocycles. The number of piperazine rings is 1. The van der Waals surface area contributed by atoms with Gasteiger partial charge in [0.1, 0.15) is 0 Å². The Hall–Kier alpha value is -1.39. The van der Waals surface area contributed by atoms with Gasteiger partial charge in [0, 0.05) is 51.4 Å². The van der Waals surface area contributed by atoms with E-state index < -0.39 is 0 Å². The number of carbonyl (C=O) groups is 1. The number of carbonyl (C=O) groups excluding carboxylic acids is 1. The van der Waals surface area contributed by atoms with Crippen molar-refractivity contribution in [1.82, 2.24) is 15.1 Å². The molecular formula is C17H25N3O. The number of rotatable bonds is 3. The first kappa shape index (κ1) is 14.5. The lowest BCUT2D eigenvalue weighted by atomic mass is 10.1. The maximum Gasteiger partial charge on any atom is 0.253 e. The highest BCUT2D eigenvalue weighted by molar-refractivity contribution is 5.94. The van der Waals surface area contributed by atoms with Crippen molar-refractivity contribution in [3.63, 3.8) is 0 Å². The zero-order valence-corrected chi connectivity index (χ0v) is 13.1. The largest absolute Gasteiger partial charge is 0.336 e. The van der Waals surface area contributed by atoms with Gasteiger partial charge in [-0.25, -0.2) is 0 Å². The number of fused-ring (bicyclic) bond motifs is 1. The molecule has 1 aromatic rings. The fourth-order valence-corrected chi connectivity index (χ4v) is 3.26. The molecule has 2 aliphatic heterocycles. The number of amides is 1. The van der Waals surface area contributed by atoms with E-state index in [1.165, 1.54) is 11.1 Å². The third-order valence-electron chi connectivity index (χ3n) is 4.37. The van der Waals surface area contributed by atoms with E-state index in [4.69, 9.17) is 0 Å². The summed E-state index contributed by atoms with van der Waals surface area (Å²) in [5.74, 6) is 0.880. The second-order valence-corrected chi connectivity index (χ2v) is 6.57. The first-order valence-electron chi connectivity index (χ1n) is 7.97. The van der Waals surface area contributed by atoms with Crippen LogP contribution in [0.25, 0.3) is 0 Å². The number of nitrogens with zero attached hydrogens (tertiary/aromatic N) is 2. The molecule has 1 saturated heterocycles. The molecule has 0 unspecified atom stereocenters. The summed E-state index contributed by atoms with van der Waals surface area (Å²) in [6.07, 6.45) is 0. The van der Waals surface area contributed by atoms with Gasteiger partial charge in [0.25, 0.3) is 5.91 Å². The smallest absolute Gasteiger partial charge is 0.253 e. The molecule has 4 nitrogen and oxygen atoms in total. The summed E-state index contributed by atoms with van der Waals surface area (Å²) in [4.78, 5) is 17.1. The number of hydrogen-bond acceptors (Lipinski definition) is 3. The van der Waals surface area contributed by atoms with Crippen LogP contribution in [0.5, 0.6) is 0 Å². The second kappa shape index (κ2) is 6.16. The fraction of sp³-hybridized carbons (Fsp3) is 0.588. The summed E-state index contributed by atoms with van der Waals surface area (Å²) in [6, 6.07) is 6.14. The Morgan fingerprint density at radius 1 is 1.14 bits per heavy atom. The van der Waals surface area contributed by atoms with E-state index in [0.29, 0.717) is 5.92 Å². The summed E-state index contributed by atoms with van der Waals surface area (Å²) in [6.45, 7) is 11.1. The third-order valence-corrected chi connectivity index (χ3v) is 4.37. The maximum absolute atomic E-state index is 12.6. The first-order valence-corrected chi connectivity index (χ1v) is 7.97. The summed E-state index contributed by atoms with van der Waals surface area (Å²) in [5, 5.41) is 3.33. The highest BCUT2D eigenvalue weighted by atomic mass is 16.2. The van der Waals surface area contributed by atoms with E-state index in [-0.39, 0.29) is 5.91 Å². The highest BCUT2D eigenvalue weighted by Crippen LogP contribution is 2.18. The molecule has 2 aliphatic rings. The molecule has 2 heterocycles. The Bertz CT molecular complexity index is 519. The molecule has 114 valence electrons. The van der Waals surface area contributed by atoms with E-state index in [2.05, 4.69) is 36.2 Å². The van der Waals surface area contributed by atoms with Gasteiger partial charge in [-0.3, -0.25) is 9.69 Å². The van der Waals surface area contributed by atoms with E-state index in [1.807, 2.05) is 11.0 Å². The monoisotopic (exact) mass is 287 g/mol. The fourth-order valence-electron chi connectivity index (χ4n) is 3.26. The van der Waals surface area contributed by atoms with Crippen LogP contribution in [0, 0.1) is 5.92 Å². The molecular weight excluding hydrogens is 262 g/mol. The van der Waals surface area contributed by atoms with Gasteiger partial charge in [0.2, 0.25) is 0 Å². The average molecular weight is 287 g/mol. The molecule has 1 amide bonds. The standard InChI is InChI=1S/C17H25N3O/c1-13(2)12-19-5-7-20(8-6-19)17(21)14-3-4-15-10-18-11-16(15)9-14/h3-4,9,13,18H,5-8,10-12H2,1-2H3. The molecule has 0 atom stereocenters. The number of benzene rings is 1. The van der Waals surface area contributed by atoms with E-state index in [9.17, 15) is 4.79 Å². The quantitative estimate of drug-likeness (QED) is 0.919. The third kappa shape index (κ3) is 3.27. The van der Waals surface area contributed by atoms with Crippen LogP contribution in [0.1, 0.15) is 35.3 Å². The molecule has 0 spiro atoms. The molecule has 21 heavy (non-hydrogen) atoms. The Morgan fingerprint density at radius 3 is 2.57 bits per heavy atom. The normalized spacial score (nSPS) is 19.1. The van der Waals surface area contributed by atoms with Crippen molar-refractivity contribution in [3.8, 4) is 0 Å². The topological polar surface area (TPSA) is 35.6 Å². The van der Waals surface area contributed by atoms with Crippen molar-refractivity contribution < 1.29 is 4.79 Å². The van der Waals surface area contributed by atoms with Crippen LogP contribution in [0.4, 0.5) is 0 Å². The minimum atomic E-state index is 0.189. The van der Waals surface area contributed by atoms with Crippen LogP contribution < -0.4 is 5.32 Å². The van der Waals surface area contributed by atoms with Crippen molar-refractivity contribution in [2.24, 2.45) is 5.92 Å². The molecule has 3 rings (SSSR count). The molecule has 1 fully saturated rings. The van der Waals surface area contributed by atoms with Crippen LogP contribution in [-0.4, -0.2) is 48.4 Å². The Balaban J connectivity index is 1.61. The van der Waals surface area contributed by atoms with Gasteiger partial charge in [-0.15, -0.1) is 0 Å². The van der Waals surface area contributed by atoms with Crippen molar-refractivity contribution in [2.75, 3.05) is 32.7 Å². The molecule has 0 aromatic heterocycles. The Kier molecular flexibility index (Phi) is 4.27. The van der Waals surface area contributed by atoms with Gasteiger partial charge >= 0.3 is 0 Å². The summed E-state index contributed by atoms with van der Waals surface area (Å²) in [5.41, 5.74) is 3.45. The lowest BCUT2D eigenvalue weighted by Gasteiger charge is -2.35. The Labute approximate surface area is 127 Å². The van der Waals surface area contributed by atoms with Crippen LogP contribution >= 0.6 is 0 Å². The molecule has 1 N–H and O–H groups in total. The Morgan fingerprint density at radius 2 is 1.86 bits per heavy atom. The molecule has 0 radical (unpaired) electrons. The van der Waals surface area contributed by atoms with E-state index in [1.54, 1.807) is 0 Å². The molecule has 0 bridgehead atoms. The molecule has 0 aliphatic carbocycles. The predicted octanol–water partition coefficient (Wildman–Crippen LogP) is 1.70. The van der Waals surface area contributed by atoms with Gasteiger partial charge in [-0.2, -0.15) is 0 Å². The minimum absolute atomic E-state index is 0.189. The average Bonchev–Trinajstić information content (AvgIpc) is 2.94. The van der Waals surface area contributed by atoms with Crippen LogP contribution in [0.15, 0.2) is 18.2 Å². The summed E-state index contributed by atoms with van der Waals surface area (Å²) >= 11 is 0. The van der Waals surface area contributed by atoms with E-state index in [0.717, 1.165) is 51.4 Å². The van der Waals surface area contributed by atoms with Gasteiger partial charge < -0.3 is 10.2 Å². The van der Waals surface area contributed by atoms with Crippen LogP contribution in [-0.2, 0) is 13.1 Å². The second-order valence-electron chi connectivity index (χ2n) is 6.57. The van der Waals surface area contributed by atoms with Gasteiger partial charge in [-0.1, -0.05) is 19.9 Å². The van der Waals surface area contributed by atoms with Crippen molar-refractivity contribution >= 4 is 5.91 Å². The summed E-state index contributed by atoms with van der Waals surface area (Å²) < 4.78 is 0. The first-order chi connectivity index (χ1) is 10.1. The number of nitrogens with one attached hydrogen (secondary N) is 1. The molecule has 4 heteroatoms. The van der Waals surface area contributed by atoms with Gasteiger partial charge in [0.05, 0.1) is 0 Å². The zero-order valence-electron chi connectivity index (χ0n) is 13.1. The van der Waals surface area contributed by atoms with Crippen molar-refractivity contribution in [1.29, 1.82) is 0 Å². The van der Waals surface area contributed by atoms with E-state index >= 15 is 0 Å². The highest BCUT2D eigenvalue weighted by Gasteiger charge is 2.23. The minimum Gasteiger partial charge on any atom is -0.336 e. The van der Waals surface area contributed by atoms with Crippen molar-refractivity contribution in [2.45, 2.75) is 26.9 Å².